The zero-order valence-electron chi connectivity index (χ0n) is 12.5. The number of carbonyl (C=O) groups excluding carboxylic acids is 2. The minimum atomic E-state index is -0.989. The van der Waals surface area contributed by atoms with Crippen molar-refractivity contribution >= 4 is 17.8 Å². The van der Waals surface area contributed by atoms with Crippen LogP contribution in [0.25, 0.3) is 0 Å². The average Bonchev–Trinajstić information content (AvgIpc) is 2.12. The second-order valence-corrected chi connectivity index (χ2v) is 6.39. The van der Waals surface area contributed by atoms with Gasteiger partial charge in [-0.25, -0.2) is 0 Å². The minimum Gasteiger partial charge on any atom is -0.481 e. The van der Waals surface area contributed by atoms with E-state index in [1.54, 1.807) is 41.5 Å². The first kappa shape index (κ1) is 17.4. The first-order valence-corrected chi connectivity index (χ1v) is 6.20. The highest BCUT2D eigenvalue weighted by molar-refractivity contribution is 5.89. The van der Waals surface area contributed by atoms with E-state index < -0.39 is 28.9 Å². The second kappa shape index (κ2) is 6.04. The zero-order chi connectivity index (χ0) is 15.4. The van der Waals surface area contributed by atoms with Gasteiger partial charge in [0.05, 0.1) is 6.42 Å². The summed E-state index contributed by atoms with van der Waals surface area (Å²) in [5.41, 5.74) is -1.44. The number of hydrogen-bond donors (Lipinski definition) is 3. The maximum absolute atomic E-state index is 11.9. The number of carboxylic acid groups (broad SMARTS) is 1. The van der Waals surface area contributed by atoms with Crippen molar-refractivity contribution in [2.45, 2.75) is 59.5 Å². The highest BCUT2D eigenvalue weighted by Gasteiger charge is 2.29. The summed E-state index contributed by atoms with van der Waals surface area (Å²) in [5, 5.41) is 13.9. The standard InChI is InChI=1S/C13H24N2O4/c1-8(14-11(19)12(2,3)4)10(18)15-13(5,6)7-9(16)17/h8H,7H2,1-6H3,(H,14,19)(H,15,18)(H,16,17). The number of aliphatic carboxylic acids is 1. The number of carboxylic acids is 1. The number of rotatable bonds is 5. The molecule has 0 aliphatic rings. The molecule has 0 aromatic rings. The molecule has 0 bridgehead atoms. The fourth-order valence-electron chi connectivity index (χ4n) is 1.34. The Labute approximate surface area is 113 Å². The van der Waals surface area contributed by atoms with Gasteiger partial charge in [0.2, 0.25) is 11.8 Å². The first-order chi connectivity index (χ1) is 8.35. The van der Waals surface area contributed by atoms with E-state index in [2.05, 4.69) is 10.6 Å². The van der Waals surface area contributed by atoms with Gasteiger partial charge in [0, 0.05) is 11.0 Å². The fraction of sp³-hybridized carbons (Fsp3) is 0.769. The highest BCUT2D eigenvalue weighted by Crippen LogP contribution is 2.13. The van der Waals surface area contributed by atoms with Gasteiger partial charge in [-0.05, 0) is 20.8 Å². The molecule has 2 amide bonds. The molecule has 0 rings (SSSR count). The Bertz CT molecular complexity index is 369. The van der Waals surface area contributed by atoms with E-state index in [1.807, 2.05) is 0 Å². The molecule has 0 spiro atoms. The summed E-state index contributed by atoms with van der Waals surface area (Å²) in [4.78, 5) is 34.3. The molecule has 1 atom stereocenters. The van der Waals surface area contributed by atoms with Crippen LogP contribution in [0.1, 0.15) is 48.0 Å². The van der Waals surface area contributed by atoms with Crippen LogP contribution in [0.15, 0.2) is 0 Å². The number of nitrogens with one attached hydrogen (secondary N) is 2. The number of hydrogen-bond acceptors (Lipinski definition) is 3. The highest BCUT2D eigenvalue weighted by atomic mass is 16.4. The lowest BCUT2D eigenvalue weighted by Gasteiger charge is -2.27. The summed E-state index contributed by atoms with van der Waals surface area (Å²) in [6.45, 7) is 10.1. The summed E-state index contributed by atoms with van der Waals surface area (Å²) in [5.74, 6) is -1.62. The third kappa shape index (κ3) is 6.79. The van der Waals surface area contributed by atoms with Gasteiger partial charge in [-0.3, -0.25) is 14.4 Å². The van der Waals surface area contributed by atoms with Crippen LogP contribution in [0, 0.1) is 5.41 Å². The molecule has 110 valence electrons. The van der Waals surface area contributed by atoms with Crippen LogP contribution >= 0.6 is 0 Å². The molecular formula is C13H24N2O4. The van der Waals surface area contributed by atoms with Gasteiger partial charge in [-0.15, -0.1) is 0 Å². The second-order valence-electron chi connectivity index (χ2n) is 6.39. The molecule has 0 saturated carbocycles. The lowest BCUT2D eigenvalue weighted by Crippen LogP contribution is -2.54. The third-order valence-electron chi connectivity index (χ3n) is 2.48. The quantitative estimate of drug-likeness (QED) is 0.693. The summed E-state index contributed by atoms with van der Waals surface area (Å²) in [7, 11) is 0. The lowest BCUT2D eigenvalue weighted by molar-refractivity contribution is -0.139. The smallest absolute Gasteiger partial charge is 0.305 e. The molecule has 0 radical (unpaired) electrons. The molecule has 0 aliphatic carbocycles. The van der Waals surface area contributed by atoms with Crippen LogP contribution < -0.4 is 10.6 Å². The first-order valence-electron chi connectivity index (χ1n) is 6.20. The van der Waals surface area contributed by atoms with Crippen LogP contribution in [-0.4, -0.2) is 34.5 Å². The molecule has 1 unspecified atom stereocenters. The van der Waals surface area contributed by atoms with Gasteiger partial charge in [-0.2, -0.15) is 0 Å². The van der Waals surface area contributed by atoms with Crippen molar-refractivity contribution < 1.29 is 19.5 Å². The maximum Gasteiger partial charge on any atom is 0.305 e. The zero-order valence-corrected chi connectivity index (χ0v) is 12.5. The predicted octanol–water partition coefficient (Wildman–Crippen LogP) is 0.907. The van der Waals surface area contributed by atoms with Crippen molar-refractivity contribution in [1.82, 2.24) is 10.6 Å². The van der Waals surface area contributed by atoms with Gasteiger partial charge in [0.25, 0.3) is 0 Å². The number of amides is 2. The Balaban J connectivity index is 4.51. The largest absolute Gasteiger partial charge is 0.481 e. The maximum atomic E-state index is 11.9. The predicted molar refractivity (Wildman–Crippen MR) is 71.5 cm³/mol. The molecule has 0 aliphatic heterocycles. The van der Waals surface area contributed by atoms with Crippen molar-refractivity contribution in [1.29, 1.82) is 0 Å². The minimum absolute atomic E-state index is 0.182. The Morgan fingerprint density at radius 1 is 1.11 bits per heavy atom. The van der Waals surface area contributed by atoms with Crippen LogP contribution in [-0.2, 0) is 14.4 Å². The van der Waals surface area contributed by atoms with Crippen molar-refractivity contribution in [3.8, 4) is 0 Å². The number of carbonyl (C=O) groups is 3. The van der Waals surface area contributed by atoms with E-state index in [0.29, 0.717) is 0 Å². The third-order valence-corrected chi connectivity index (χ3v) is 2.48. The van der Waals surface area contributed by atoms with Crippen LogP contribution in [0.4, 0.5) is 0 Å². The van der Waals surface area contributed by atoms with E-state index >= 15 is 0 Å². The summed E-state index contributed by atoms with van der Waals surface area (Å²) in [6, 6.07) is -0.709. The van der Waals surface area contributed by atoms with Gasteiger partial charge >= 0.3 is 5.97 Å². The summed E-state index contributed by atoms with van der Waals surface area (Å²) in [6.07, 6.45) is -0.182. The van der Waals surface area contributed by atoms with Gasteiger partial charge < -0.3 is 15.7 Å². The Kier molecular flexibility index (Phi) is 5.53. The summed E-state index contributed by atoms with van der Waals surface area (Å²) < 4.78 is 0. The Morgan fingerprint density at radius 3 is 1.95 bits per heavy atom. The van der Waals surface area contributed by atoms with Crippen LogP contribution in [0.3, 0.4) is 0 Å². The molecule has 6 heteroatoms. The van der Waals surface area contributed by atoms with E-state index in [9.17, 15) is 14.4 Å². The molecule has 0 aromatic heterocycles. The SMILES string of the molecule is CC(NC(=O)C(C)(C)C)C(=O)NC(C)(C)CC(=O)O. The van der Waals surface area contributed by atoms with E-state index in [0.717, 1.165) is 0 Å². The van der Waals surface area contributed by atoms with Crippen molar-refractivity contribution in [2.24, 2.45) is 5.41 Å². The topological polar surface area (TPSA) is 95.5 Å². The normalized spacial score (nSPS) is 13.6. The monoisotopic (exact) mass is 272 g/mol. The van der Waals surface area contributed by atoms with E-state index in [-0.39, 0.29) is 12.3 Å². The van der Waals surface area contributed by atoms with E-state index in [1.165, 1.54) is 0 Å². The molecule has 0 aromatic carbocycles. The lowest BCUT2D eigenvalue weighted by atomic mass is 9.95. The van der Waals surface area contributed by atoms with Crippen molar-refractivity contribution in [2.75, 3.05) is 0 Å². The molecule has 19 heavy (non-hydrogen) atoms. The van der Waals surface area contributed by atoms with Crippen molar-refractivity contribution in [3.63, 3.8) is 0 Å². The molecule has 3 N–H and O–H groups in total. The fourth-order valence-corrected chi connectivity index (χ4v) is 1.34. The van der Waals surface area contributed by atoms with Gasteiger partial charge in [0.1, 0.15) is 6.04 Å². The van der Waals surface area contributed by atoms with E-state index in [4.69, 9.17) is 5.11 Å². The van der Waals surface area contributed by atoms with Gasteiger partial charge in [-0.1, -0.05) is 20.8 Å². The summed E-state index contributed by atoms with van der Waals surface area (Å²) >= 11 is 0. The molecule has 0 saturated heterocycles. The Hall–Kier alpha value is -1.59. The Morgan fingerprint density at radius 2 is 1.58 bits per heavy atom. The van der Waals surface area contributed by atoms with Crippen LogP contribution in [0.5, 0.6) is 0 Å². The molecule has 6 nitrogen and oxygen atoms in total. The molecule has 0 fully saturated rings. The van der Waals surface area contributed by atoms with Crippen molar-refractivity contribution in [3.05, 3.63) is 0 Å². The molecular weight excluding hydrogens is 248 g/mol. The molecule has 0 heterocycles. The average molecular weight is 272 g/mol. The van der Waals surface area contributed by atoms with Crippen LogP contribution in [0.2, 0.25) is 0 Å². The van der Waals surface area contributed by atoms with Gasteiger partial charge in [0.15, 0.2) is 0 Å².